The molecule has 1 aliphatic carbocycles. The van der Waals surface area contributed by atoms with Crippen LogP contribution < -0.4 is 20.7 Å². The van der Waals surface area contributed by atoms with E-state index >= 15 is 0 Å². The summed E-state index contributed by atoms with van der Waals surface area (Å²) >= 11 is 5.59. The molecule has 178 valence electrons. The van der Waals surface area contributed by atoms with Crippen LogP contribution in [0.3, 0.4) is 0 Å². The first-order valence-electron chi connectivity index (χ1n) is 10.2. The summed E-state index contributed by atoms with van der Waals surface area (Å²) in [6, 6.07) is 2.81. The Morgan fingerprint density at radius 1 is 1.12 bits per heavy atom. The van der Waals surface area contributed by atoms with Crippen LogP contribution in [0.15, 0.2) is 18.2 Å². The molecule has 0 radical (unpaired) electrons. The lowest BCUT2D eigenvalue weighted by molar-refractivity contribution is -0.341. The van der Waals surface area contributed by atoms with Gasteiger partial charge in [0.25, 0.3) is 5.91 Å². The summed E-state index contributed by atoms with van der Waals surface area (Å²) in [6.07, 6.45) is -3.84. The predicted octanol–water partition coefficient (Wildman–Crippen LogP) is 2.67. The molecule has 2 aliphatic rings. The Morgan fingerprint density at radius 3 is 2.53 bits per heavy atom. The van der Waals surface area contributed by atoms with Crippen LogP contribution in [0.25, 0.3) is 0 Å². The first kappa shape index (κ1) is 24.5. The molecule has 32 heavy (non-hydrogen) atoms. The van der Waals surface area contributed by atoms with Gasteiger partial charge in [-0.3, -0.25) is 14.3 Å². The lowest BCUT2D eigenvalue weighted by Gasteiger charge is -2.30. The Bertz CT molecular complexity index is 819. The third-order valence-corrected chi connectivity index (χ3v) is 5.69. The van der Waals surface area contributed by atoms with E-state index in [9.17, 15) is 27.2 Å². The van der Waals surface area contributed by atoms with Crippen LogP contribution in [0.4, 0.5) is 17.6 Å². The van der Waals surface area contributed by atoms with E-state index in [0.29, 0.717) is 25.8 Å². The molecule has 12 heteroatoms. The van der Waals surface area contributed by atoms with Crippen LogP contribution in [-0.2, 0) is 14.3 Å². The van der Waals surface area contributed by atoms with E-state index in [0.717, 1.165) is 6.07 Å². The van der Waals surface area contributed by atoms with Crippen molar-refractivity contribution in [3.05, 3.63) is 29.0 Å². The number of alkyl halides is 3. The standard InChI is InChI=1S/C20H24ClF4N3O4/c21-15-5-4-13(8-16(15)22)31-10-18(29)27-12-2-6-17(26-9-12)19(30)28-11-1-3-14(7-11)32-20(23,24)25/h4-5,8,11-12,14,17,26H,1-3,6-7,9-10H2,(H,27,29)(H,28,30)/t11-,12-,14+,17+/m0/s1. The van der Waals surface area contributed by atoms with Gasteiger partial charge in [-0.2, -0.15) is 0 Å². The maximum atomic E-state index is 13.4. The zero-order valence-corrected chi connectivity index (χ0v) is 17.8. The van der Waals surface area contributed by atoms with Crippen molar-refractivity contribution in [1.29, 1.82) is 0 Å². The smallest absolute Gasteiger partial charge is 0.484 e. The van der Waals surface area contributed by atoms with Gasteiger partial charge in [-0.25, -0.2) is 4.39 Å². The van der Waals surface area contributed by atoms with E-state index < -0.39 is 30.2 Å². The van der Waals surface area contributed by atoms with Gasteiger partial charge in [0.15, 0.2) is 6.61 Å². The second-order valence-corrected chi connectivity index (χ2v) is 8.28. The molecule has 1 saturated carbocycles. The van der Waals surface area contributed by atoms with Crippen molar-refractivity contribution in [2.45, 2.75) is 62.7 Å². The van der Waals surface area contributed by atoms with Gasteiger partial charge in [0.1, 0.15) is 11.6 Å². The van der Waals surface area contributed by atoms with Crippen LogP contribution in [-0.4, -0.2) is 55.6 Å². The average Bonchev–Trinajstić information content (AvgIpc) is 3.14. The number of rotatable bonds is 7. The van der Waals surface area contributed by atoms with Crippen molar-refractivity contribution < 1.29 is 36.6 Å². The minimum absolute atomic E-state index is 0.0453. The normalized spacial score (nSPS) is 25.9. The summed E-state index contributed by atoms with van der Waals surface area (Å²) in [7, 11) is 0. The van der Waals surface area contributed by atoms with Gasteiger partial charge in [-0.1, -0.05) is 11.6 Å². The van der Waals surface area contributed by atoms with Gasteiger partial charge in [0.05, 0.1) is 17.2 Å². The number of hydrogen-bond donors (Lipinski definition) is 3. The number of ether oxygens (including phenoxy) is 2. The molecule has 2 fully saturated rings. The number of hydrogen-bond acceptors (Lipinski definition) is 5. The minimum Gasteiger partial charge on any atom is -0.484 e. The van der Waals surface area contributed by atoms with E-state index in [1.165, 1.54) is 12.1 Å². The van der Waals surface area contributed by atoms with Crippen molar-refractivity contribution in [2.75, 3.05) is 13.2 Å². The minimum atomic E-state index is -4.68. The molecular weight excluding hydrogens is 458 g/mol. The Balaban J connectivity index is 1.34. The summed E-state index contributed by atoms with van der Waals surface area (Å²) in [4.78, 5) is 24.5. The summed E-state index contributed by atoms with van der Waals surface area (Å²) < 4.78 is 59.6. The van der Waals surface area contributed by atoms with Crippen molar-refractivity contribution in [1.82, 2.24) is 16.0 Å². The quantitative estimate of drug-likeness (QED) is 0.521. The van der Waals surface area contributed by atoms with Gasteiger partial charge in [-0.15, -0.1) is 13.2 Å². The molecule has 0 spiro atoms. The van der Waals surface area contributed by atoms with E-state index in [2.05, 4.69) is 20.7 Å². The fraction of sp³-hybridized carbons (Fsp3) is 0.600. The van der Waals surface area contributed by atoms with Crippen LogP contribution in [0.2, 0.25) is 5.02 Å². The van der Waals surface area contributed by atoms with Gasteiger partial charge >= 0.3 is 6.36 Å². The van der Waals surface area contributed by atoms with Gasteiger partial charge < -0.3 is 20.7 Å². The first-order valence-corrected chi connectivity index (χ1v) is 10.6. The SMILES string of the molecule is O=C(COc1ccc(Cl)c(F)c1)N[C@H]1CC[C@H](C(=O)N[C@H]2CC[C@@H](OC(F)(F)F)C2)NC1. The summed E-state index contributed by atoms with van der Waals surface area (Å²) in [5, 5.41) is 8.54. The molecule has 3 rings (SSSR count). The van der Waals surface area contributed by atoms with Gasteiger partial charge in [0, 0.05) is 24.7 Å². The topological polar surface area (TPSA) is 88.7 Å². The Labute approximate surface area is 187 Å². The molecule has 4 atom stereocenters. The van der Waals surface area contributed by atoms with E-state index in [4.69, 9.17) is 16.3 Å². The van der Waals surface area contributed by atoms with E-state index in [1.807, 2.05) is 0 Å². The van der Waals surface area contributed by atoms with E-state index in [-0.39, 0.29) is 48.2 Å². The maximum absolute atomic E-state index is 13.4. The second-order valence-electron chi connectivity index (χ2n) is 7.87. The number of amides is 2. The fourth-order valence-corrected chi connectivity index (χ4v) is 3.97. The number of carbonyl (C=O) groups is 2. The summed E-state index contributed by atoms with van der Waals surface area (Å²) in [5.74, 6) is -1.14. The molecule has 1 aromatic rings. The molecule has 0 aromatic heterocycles. The molecule has 1 saturated heterocycles. The van der Waals surface area contributed by atoms with Crippen molar-refractivity contribution in [3.63, 3.8) is 0 Å². The molecule has 0 bridgehead atoms. The van der Waals surface area contributed by atoms with E-state index in [1.54, 1.807) is 0 Å². The molecular formula is C20H24ClF4N3O4. The lowest BCUT2D eigenvalue weighted by Crippen LogP contribution is -2.55. The monoisotopic (exact) mass is 481 g/mol. The third kappa shape index (κ3) is 7.49. The Morgan fingerprint density at radius 2 is 1.88 bits per heavy atom. The van der Waals surface area contributed by atoms with Crippen molar-refractivity contribution in [2.24, 2.45) is 0 Å². The van der Waals surface area contributed by atoms with Gasteiger partial charge in [0.2, 0.25) is 5.91 Å². The summed E-state index contributed by atoms with van der Waals surface area (Å²) in [5.41, 5.74) is 0. The highest BCUT2D eigenvalue weighted by Crippen LogP contribution is 2.29. The molecule has 1 aliphatic heterocycles. The maximum Gasteiger partial charge on any atom is 0.522 e. The highest BCUT2D eigenvalue weighted by Gasteiger charge is 2.38. The molecule has 2 amide bonds. The lowest BCUT2D eigenvalue weighted by atomic mass is 9.99. The van der Waals surface area contributed by atoms with Crippen LogP contribution in [0.1, 0.15) is 32.1 Å². The number of halogens is 5. The highest BCUT2D eigenvalue weighted by molar-refractivity contribution is 6.30. The fourth-order valence-electron chi connectivity index (χ4n) is 3.86. The number of carbonyl (C=O) groups excluding carboxylic acids is 2. The largest absolute Gasteiger partial charge is 0.522 e. The average molecular weight is 482 g/mol. The zero-order valence-electron chi connectivity index (χ0n) is 17.0. The van der Waals surface area contributed by atoms with Crippen LogP contribution in [0, 0.1) is 5.82 Å². The molecule has 1 aromatic carbocycles. The molecule has 0 unspecified atom stereocenters. The first-order chi connectivity index (χ1) is 15.1. The predicted molar refractivity (Wildman–Crippen MR) is 107 cm³/mol. The Hall–Kier alpha value is -2.11. The third-order valence-electron chi connectivity index (χ3n) is 5.39. The van der Waals surface area contributed by atoms with Crippen LogP contribution in [0.5, 0.6) is 5.75 Å². The second kappa shape index (κ2) is 10.7. The summed E-state index contributed by atoms with van der Waals surface area (Å²) in [6.45, 7) is 0.0498. The number of piperidine rings is 1. The highest BCUT2D eigenvalue weighted by atomic mass is 35.5. The van der Waals surface area contributed by atoms with Crippen molar-refractivity contribution >= 4 is 23.4 Å². The number of benzene rings is 1. The Kier molecular flexibility index (Phi) is 8.18. The zero-order chi connectivity index (χ0) is 23.3. The molecule has 1 heterocycles. The van der Waals surface area contributed by atoms with Crippen molar-refractivity contribution in [3.8, 4) is 5.75 Å². The van der Waals surface area contributed by atoms with Crippen LogP contribution >= 0.6 is 11.6 Å². The molecule has 3 N–H and O–H groups in total. The van der Waals surface area contributed by atoms with Gasteiger partial charge in [-0.05, 0) is 44.2 Å². The number of nitrogens with one attached hydrogen (secondary N) is 3. The molecule has 7 nitrogen and oxygen atoms in total.